The second kappa shape index (κ2) is 8.71. The Morgan fingerprint density at radius 2 is 1.77 bits per heavy atom. The first-order chi connectivity index (χ1) is 14.9. The number of carbonyl (C=O) groups is 1. The number of hydrogen-bond donors (Lipinski definition) is 1. The zero-order valence-corrected chi connectivity index (χ0v) is 18.8. The van der Waals surface area contributed by atoms with Crippen molar-refractivity contribution in [3.05, 3.63) is 54.1 Å². The Labute approximate surface area is 188 Å². The van der Waals surface area contributed by atoms with Crippen molar-refractivity contribution < 1.29 is 4.79 Å². The summed E-state index contributed by atoms with van der Waals surface area (Å²) in [6, 6.07) is 8.36. The lowest BCUT2D eigenvalue weighted by Gasteiger charge is -2.41. The average molecular weight is 438 g/mol. The Balaban J connectivity index is 1.62. The van der Waals surface area contributed by atoms with E-state index in [9.17, 15) is 4.79 Å². The van der Waals surface area contributed by atoms with Crippen LogP contribution in [0.3, 0.4) is 0 Å². The van der Waals surface area contributed by atoms with Crippen LogP contribution in [-0.2, 0) is 11.8 Å². The summed E-state index contributed by atoms with van der Waals surface area (Å²) in [5.74, 6) is -0.180. The number of primary amides is 1. The van der Waals surface area contributed by atoms with Crippen molar-refractivity contribution in [3.8, 4) is 22.3 Å². The van der Waals surface area contributed by atoms with Gasteiger partial charge in [-0.2, -0.15) is 5.10 Å². The van der Waals surface area contributed by atoms with E-state index in [-0.39, 0.29) is 5.91 Å². The van der Waals surface area contributed by atoms with E-state index in [1.54, 1.807) is 10.9 Å². The number of aromatic nitrogens is 3. The summed E-state index contributed by atoms with van der Waals surface area (Å²) in [4.78, 5) is 18.8. The molecule has 2 N–H and O–H groups in total. The lowest BCUT2D eigenvalue weighted by atomic mass is 9.74. The first kappa shape index (κ1) is 21.4. The first-order valence-electron chi connectivity index (χ1n) is 10.7. The summed E-state index contributed by atoms with van der Waals surface area (Å²) in [5.41, 5.74) is 10.6. The van der Waals surface area contributed by atoms with E-state index < -0.39 is 5.41 Å². The van der Waals surface area contributed by atoms with Gasteiger partial charge in [0.05, 0.1) is 22.3 Å². The molecule has 1 amide bonds. The Hall–Kier alpha value is -2.86. The lowest BCUT2D eigenvalue weighted by Crippen LogP contribution is -2.47. The lowest BCUT2D eigenvalue weighted by molar-refractivity contribution is -0.129. The van der Waals surface area contributed by atoms with E-state index >= 15 is 0 Å². The van der Waals surface area contributed by atoms with Crippen molar-refractivity contribution in [1.29, 1.82) is 0 Å². The van der Waals surface area contributed by atoms with Gasteiger partial charge in [-0.1, -0.05) is 49.2 Å². The highest BCUT2D eigenvalue weighted by molar-refractivity contribution is 6.33. The van der Waals surface area contributed by atoms with Crippen LogP contribution in [0, 0.1) is 5.41 Å². The number of aryl methyl sites for hydroxylation is 1. The molecule has 1 aliphatic rings. The van der Waals surface area contributed by atoms with Gasteiger partial charge in [0.1, 0.15) is 0 Å². The Bertz CT molecular complexity index is 1070. The summed E-state index contributed by atoms with van der Waals surface area (Å²) in [7, 11) is 1.91. The molecule has 0 atom stereocenters. The van der Waals surface area contributed by atoms with Crippen LogP contribution in [0.25, 0.3) is 22.3 Å². The molecule has 0 bridgehead atoms. The predicted molar refractivity (Wildman–Crippen MR) is 125 cm³/mol. The van der Waals surface area contributed by atoms with E-state index in [0.717, 1.165) is 66.7 Å². The summed E-state index contributed by atoms with van der Waals surface area (Å²) in [6.45, 7) is 3.59. The van der Waals surface area contributed by atoms with Crippen LogP contribution in [0.15, 0.2) is 49.1 Å². The van der Waals surface area contributed by atoms with Crippen LogP contribution in [0.2, 0.25) is 5.02 Å². The fourth-order valence-electron chi connectivity index (χ4n) is 4.63. The number of piperidine rings is 1. The highest BCUT2D eigenvalue weighted by Gasteiger charge is 2.39. The summed E-state index contributed by atoms with van der Waals surface area (Å²) in [5, 5.41) is 4.87. The fourth-order valence-corrected chi connectivity index (χ4v) is 4.91. The van der Waals surface area contributed by atoms with Crippen LogP contribution in [0.4, 0.5) is 5.69 Å². The molecule has 1 aliphatic heterocycles. The third-order valence-electron chi connectivity index (χ3n) is 6.39. The maximum Gasteiger partial charge on any atom is 0.223 e. The number of benzene rings is 1. The molecule has 31 heavy (non-hydrogen) atoms. The summed E-state index contributed by atoms with van der Waals surface area (Å²) in [6.07, 6.45) is 10.7. The number of hydrogen-bond acceptors (Lipinski definition) is 4. The highest BCUT2D eigenvalue weighted by atomic mass is 35.5. The molecule has 6 nitrogen and oxygen atoms in total. The zero-order valence-electron chi connectivity index (χ0n) is 18.0. The number of halogens is 1. The average Bonchev–Trinajstić information content (AvgIpc) is 3.21. The Kier molecular flexibility index (Phi) is 6.01. The van der Waals surface area contributed by atoms with Crippen molar-refractivity contribution in [2.24, 2.45) is 18.2 Å². The van der Waals surface area contributed by atoms with Crippen molar-refractivity contribution in [2.45, 2.75) is 32.6 Å². The van der Waals surface area contributed by atoms with Gasteiger partial charge >= 0.3 is 0 Å². The number of rotatable bonds is 6. The van der Waals surface area contributed by atoms with Crippen molar-refractivity contribution in [3.63, 3.8) is 0 Å². The predicted octanol–water partition coefficient (Wildman–Crippen LogP) is 4.67. The smallest absolute Gasteiger partial charge is 0.223 e. The number of anilines is 1. The maximum absolute atomic E-state index is 12.2. The SMILES string of the molecule is CCCC1(C(N)=O)CCN(c2c(Cl)cncc2-c2ccc(-c3cnn(C)c3)cc2)CC1. The fraction of sp³-hybridized carbons (Fsp3) is 0.375. The number of carbonyl (C=O) groups excluding carboxylic acids is 1. The number of amides is 1. The largest absolute Gasteiger partial charge is 0.370 e. The van der Waals surface area contributed by atoms with Crippen LogP contribution in [0.5, 0.6) is 0 Å². The van der Waals surface area contributed by atoms with E-state index in [4.69, 9.17) is 17.3 Å². The monoisotopic (exact) mass is 437 g/mol. The molecule has 2 aromatic heterocycles. The quantitative estimate of drug-likeness (QED) is 0.607. The third-order valence-corrected chi connectivity index (χ3v) is 6.67. The molecular formula is C24H28ClN5O. The molecule has 7 heteroatoms. The second-order valence-corrected chi connectivity index (χ2v) is 8.79. The summed E-state index contributed by atoms with van der Waals surface area (Å²) >= 11 is 6.63. The molecule has 0 unspecified atom stereocenters. The van der Waals surface area contributed by atoms with E-state index in [2.05, 4.69) is 46.2 Å². The highest BCUT2D eigenvalue weighted by Crippen LogP contribution is 2.42. The van der Waals surface area contributed by atoms with Gasteiger partial charge in [-0.05, 0) is 30.4 Å². The molecule has 1 saturated heterocycles. The molecule has 0 spiro atoms. The molecule has 1 aromatic carbocycles. The molecule has 0 radical (unpaired) electrons. The van der Waals surface area contributed by atoms with Crippen molar-refractivity contribution in [1.82, 2.24) is 14.8 Å². The van der Waals surface area contributed by atoms with Crippen LogP contribution in [0.1, 0.15) is 32.6 Å². The zero-order chi connectivity index (χ0) is 22.0. The number of pyridine rings is 1. The van der Waals surface area contributed by atoms with E-state index in [0.29, 0.717) is 5.02 Å². The molecule has 3 aromatic rings. The molecule has 3 heterocycles. The van der Waals surface area contributed by atoms with E-state index in [1.807, 2.05) is 25.6 Å². The van der Waals surface area contributed by atoms with Crippen molar-refractivity contribution in [2.75, 3.05) is 18.0 Å². The number of nitrogens with zero attached hydrogens (tertiary/aromatic N) is 4. The van der Waals surface area contributed by atoms with Gasteiger partial charge in [0, 0.05) is 49.9 Å². The first-order valence-corrected chi connectivity index (χ1v) is 11.1. The van der Waals surface area contributed by atoms with Gasteiger partial charge < -0.3 is 10.6 Å². The minimum Gasteiger partial charge on any atom is -0.370 e. The minimum atomic E-state index is -0.406. The third kappa shape index (κ3) is 4.17. The van der Waals surface area contributed by atoms with Crippen molar-refractivity contribution >= 4 is 23.2 Å². The molecule has 0 saturated carbocycles. The maximum atomic E-state index is 12.2. The Morgan fingerprint density at radius 1 is 1.10 bits per heavy atom. The molecule has 1 fully saturated rings. The molecule has 162 valence electrons. The van der Waals surface area contributed by atoms with Gasteiger partial charge in [0.15, 0.2) is 0 Å². The van der Waals surface area contributed by atoms with Gasteiger partial charge in [-0.15, -0.1) is 0 Å². The minimum absolute atomic E-state index is 0.180. The Morgan fingerprint density at radius 3 is 2.35 bits per heavy atom. The number of nitrogens with two attached hydrogens (primary N) is 1. The second-order valence-electron chi connectivity index (χ2n) is 8.38. The van der Waals surface area contributed by atoms with E-state index in [1.165, 1.54) is 0 Å². The molecule has 4 rings (SSSR count). The molecule has 0 aliphatic carbocycles. The van der Waals surface area contributed by atoms with Crippen LogP contribution in [-0.4, -0.2) is 33.8 Å². The molecular weight excluding hydrogens is 410 g/mol. The van der Waals surface area contributed by atoms with Gasteiger partial charge in [-0.3, -0.25) is 14.5 Å². The topological polar surface area (TPSA) is 77.0 Å². The summed E-state index contributed by atoms with van der Waals surface area (Å²) < 4.78 is 1.79. The van der Waals surface area contributed by atoms with Gasteiger partial charge in [0.2, 0.25) is 5.91 Å². The standard InChI is InChI=1S/C24H28ClN5O/c1-3-8-24(23(26)31)9-11-30(12-10-24)22-20(14-27-15-21(22)25)18-6-4-17(5-7-18)19-13-28-29(2)16-19/h4-7,13-16H,3,8-12H2,1-2H3,(H2,26,31). The normalized spacial score (nSPS) is 15.8. The van der Waals surface area contributed by atoms with Crippen LogP contribution >= 0.6 is 11.6 Å². The van der Waals surface area contributed by atoms with Gasteiger partial charge in [-0.25, -0.2) is 0 Å². The van der Waals surface area contributed by atoms with Gasteiger partial charge in [0.25, 0.3) is 0 Å². The van der Waals surface area contributed by atoms with Crippen LogP contribution < -0.4 is 10.6 Å².